The third kappa shape index (κ3) is 3.16. The van der Waals surface area contributed by atoms with E-state index in [2.05, 4.69) is 27.0 Å². The molecule has 7 nitrogen and oxygen atoms in total. The van der Waals surface area contributed by atoms with E-state index in [1.54, 1.807) is 24.4 Å². The number of aromatic nitrogens is 2. The Morgan fingerprint density at radius 2 is 2.03 bits per heavy atom. The zero-order chi connectivity index (χ0) is 20.7. The van der Waals surface area contributed by atoms with Crippen molar-refractivity contribution in [1.29, 1.82) is 5.26 Å². The van der Waals surface area contributed by atoms with Crippen molar-refractivity contribution in [2.75, 3.05) is 11.9 Å². The molecular weight excluding hydrogens is 383 g/mol. The number of para-hydroxylation sites is 1. The molecule has 1 atom stereocenters. The Morgan fingerprint density at radius 1 is 1.23 bits per heavy atom. The molecule has 0 saturated heterocycles. The number of nitrogens with zero attached hydrogens (tertiary/aromatic N) is 3. The van der Waals surface area contributed by atoms with E-state index in [1.807, 2.05) is 24.3 Å². The molecule has 3 aromatic rings. The van der Waals surface area contributed by atoms with Gasteiger partial charge in [-0.15, -0.1) is 0 Å². The van der Waals surface area contributed by atoms with Crippen molar-refractivity contribution in [2.45, 2.75) is 12.0 Å². The monoisotopic (exact) mass is 400 g/mol. The van der Waals surface area contributed by atoms with E-state index in [-0.39, 0.29) is 11.7 Å². The molecule has 0 unspecified atom stereocenters. The molecule has 1 aliphatic heterocycles. The Hall–Kier alpha value is -4.12. The quantitative estimate of drug-likeness (QED) is 0.570. The van der Waals surface area contributed by atoms with E-state index in [0.717, 1.165) is 28.9 Å². The smallest absolute Gasteiger partial charge is 0.270 e. The number of carbonyl (C=O) groups excluding carboxylic acids is 1. The van der Waals surface area contributed by atoms with Crippen LogP contribution in [0.4, 0.5) is 15.8 Å². The molecule has 2 heterocycles. The molecule has 5 rings (SSSR count). The second-order valence-corrected chi connectivity index (χ2v) is 7.44. The Bertz CT molecular complexity index is 1210. The molecule has 1 aliphatic carbocycles. The number of aromatic amines is 1. The van der Waals surface area contributed by atoms with Gasteiger partial charge in [0.15, 0.2) is 6.19 Å². The largest absolute Gasteiger partial charge is 0.355 e. The highest BCUT2D eigenvalue weighted by Crippen LogP contribution is 2.48. The summed E-state index contributed by atoms with van der Waals surface area (Å²) >= 11 is 0. The molecule has 0 radical (unpaired) electrons. The van der Waals surface area contributed by atoms with Gasteiger partial charge in [0.2, 0.25) is 0 Å². The summed E-state index contributed by atoms with van der Waals surface area (Å²) in [6, 6.07) is 15.3. The van der Waals surface area contributed by atoms with Crippen molar-refractivity contribution in [3.05, 3.63) is 77.9 Å². The van der Waals surface area contributed by atoms with Gasteiger partial charge < -0.3 is 10.6 Å². The minimum atomic E-state index is -0.430. The Labute approximate surface area is 171 Å². The third-order valence-corrected chi connectivity index (χ3v) is 5.36. The molecule has 8 heteroatoms. The first kappa shape index (κ1) is 17.9. The van der Waals surface area contributed by atoms with Crippen molar-refractivity contribution in [1.82, 2.24) is 20.4 Å². The fourth-order valence-electron chi connectivity index (χ4n) is 3.73. The van der Waals surface area contributed by atoms with Crippen LogP contribution in [0.25, 0.3) is 11.3 Å². The van der Waals surface area contributed by atoms with Gasteiger partial charge in [0.25, 0.3) is 5.91 Å². The van der Waals surface area contributed by atoms with Crippen LogP contribution in [0, 0.1) is 17.3 Å². The van der Waals surface area contributed by atoms with Crippen molar-refractivity contribution >= 4 is 17.3 Å². The average Bonchev–Trinajstić information content (AvgIpc) is 3.10. The lowest BCUT2D eigenvalue weighted by Crippen LogP contribution is -2.41. The Kier molecular flexibility index (Phi) is 4.03. The van der Waals surface area contributed by atoms with Crippen molar-refractivity contribution in [2.24, 2.45) is 0 Å². The summed E-state index contributed by atoms with van der Waals surface area (Å²) in [5.41, 5.74) is 3.92. The highest BCUT2D eigenvalue weighted by molar-refractivity contribution is 5.95. The molecular formula is C22H17FN6O. The molecule has 148 valence electrons. The van der Waals surface area contributed by atoms with Crippen LogP contribution in [0.1, 0.15) is 16.9 Å². The van der Waals surface area contributed by atoms with E-state index in [9.17, 15) is 9.18 Å². The van der Waals surface area contributed by atoms with Crippen LogP contribution >= 0.6 is 0 Å². The standard InChI is InChI=1S/C22H17FN6O/c23-15-5-7-16(8-6-15)25-18-4-2-1-3-17(18)19-9-20(28-27-19)21(30)26-22-10-14(22)11-29(12-22)13-24/h1-9,11,25H,10,12H2,(H,26,30)(H,27,28)/t22-/m0/s1. The summed E-state index contributed by atoms with van der Waals surface area (Å²) in [6.45, 7) is 0.468. The summed E-state index contributed by atoms with van der Waals surface area (Å²) in [6.07, 6.45) is 4.63. The Balaban J connectivity index is 1.35. The van der Waals surface area contributed by atoms with E-state index in [1.165, 1.54) is 17.0 Å². The number of carbonyl (C=O) groups is 1. The highest BCUT2D eigenvalue weighted by atomic mass is 19.1. The lowest BCUT2D eigenvalue weighted by molar-refractivity contribution is 0.0927. The van der Waals surface area contributed by atoms with Crippen LogP contribution in [0.15, 0.2) is 66.4 Å². The van der Waals surface area contributed by atoms with Crippen LogP contribution in [0.2, 0.25) is 0 Å². The predicted molar refractivity (Wildman–Crippen MR) is 109 cm³/mol. The number of anilines is 2. The summed E-state index contributed by atoms with van der Waals surface area (Å²) in [7, 11) is 0. The molecule has 0 bridgehead atoms. The molecule has 2 aliphatic rings. The van der Waals surface area contributed by atoms with Crippen LogP contribution in [-0.4, -0.2) is 33.1 Å². The molecule has 1 amide bonds. The summed E-state index contributed by atoms with van der Waals surface area (Å²) < 4.78 is 13.2. The number of hydrogen-bond donors (Lipinski definition) is 3. The summed E-state index contributed by atoms with van der Waals surface area (Å²) in [5, 5.41) is 22.4. The molecule has 1 aromatic heterocycles. The third-order valence-electron chi connectivity index (χ3n) is 5.36. The fourth-order valence-corrected chi connectivity index (χ4v) is 3.73. The van der Waals surface area contributed by atoms with Gasteiger partial charge in [-0.1, -0.05) is 18.2 Å². The second kappa shape index (κ2) is 6.74. The topological polar surface area (TPSA) is 96.8 Å². The van der Waals surface area contributed by atoms with Crippen LogP contribution in [0.3, 0.4) is 0 Å². The first-order chi connectivity index (χ1) is 14.6. The second-order valence-electron chi connectivity index (χ2n) is 7.44. The fraction of sp³-hybridized carbons (Fsp3) is 0.136. The minimum Gasteiger partial charge on any atom is -0.355 e. The molecule has 1 fully saturated rings. The minimum absolute atomic E-state index is 0.263. The van der Waals surface area contributed by atoms with Gasteiger partial charge in [0.1, 0.15) is 11.5 Å². The van der Waals surface area contributed by atoms with E-state index in [0.29, 0.717) is 17.9 Å². The van der Waals surface area contributed by atoms with Gasteiger partial charge in [0, 0.05) is 29.6 Å². The van der Waals surface area contributed by atoms with Gasteiger partial charge >= 0.3 is 0 Å². The van der Waals surface area contributed by atoms with Gasteiger partial charge in [-0.25, -0.2) is 4.39 Å². The maximum Gasteiger partial charge on any atom is 0.270 e. The molecule has 30 heavy (non-hydrogen) atoms. The lowest BCUT2D eigenvalue weighted by atomic mass is 10.1. The predicted octanol–water partition coefficient (Wildman–Crippen LogP) is 3.51. The molecule has 2 aromatic carbocycles. The van der Waals surface area contributed by atoms with E-state index < -0.39 is 5.54 Å². The summed E-state index contributed by atoms with van der Waals surface area (Å²) in [4.78, 5) is 14.2. The number of nitriles is 1. The number of halogens is 1. The van der Waals surface area contributed by atoms with Gasteiger partial charge in [-0.3, -0.25) is 14.8 Å². The first-order valence-electron chi connectivity index (χ1n) is 9.44. The maximum absolute atomic E-state index is 13.2. The number of benzene rings is 2. The maximum atomic E-state index is 13.2. The average molecular weight is 400 g/mol. The number of fused-ring (bicyclic) bond motifs is 1. The van der Waals surface area contributed by atoms with Crippen LogP contribution < -0.4 is 10.6 Å². The van der Waals surface area contributed by atoms with E-state index >= 15 is 0 Å². The van der Waals surface area contributed by atoms with Crippen molar-refractivity contribution < 1.29 is 9.18 Å². The molecule has 3 N–H and O–H groups in total. The number of H-pyrrole nitrogens is 1. The Morgan fingerprint density at radius 3 is 2.80 bits per heavy atom. The SMILES string of the molecule is N#CN1C=C2C[C@]2(NC(=O)c2cc(-c3ccccc3Nc3ccc(F)cc3)n[nH]2)C1. The van der Waals surface area contributed by atoms with Gasteiger partial charge in [0.05, 0.1) is 17.8 Å². The van der Waals surface area contributed by atoms with Gasteiger partial charge in [-0.2, -0.15) is 10.4 Å². The van der Waals surface area contributed by atoms with Crippen LogP contribution in [0.5, 0.6) is 0 Å². The summed E-state index contributed by atoms with van der Waals surface area (Å²) in [5.74, 6) is -0.564. The number of nitrogens with one attached hydrogen (secondary N) is 3. The lowest BCUT2D eigenvalue weighted by Gasteiger charge is -2.15. The number of amides is 1. The number of hydrogen-bond acceptors (Lipinski definition) is 5. The van der Waals surface area contributed by atoms with Crippen molar-refractivity contribution in [3.8, 4) is 17.5 Å². The van der Waals surface area contributed by atoms with Crippen molar-refractivity contribution in [3.63, 3.8) is 0 Å². The van der Waals surface area contributed by atoms with Crippen LogP contribution in [-0.2, 0) is 0 Å². The van der Waals surface area contributed by atoms with E-state index in [4.69, 9.17) is 5.26 Å². The zero-order valence-corrected chi connectivity index (χ0v) is 15.8. The normalized spacial score (nSPS) is 18.9. The highest BCUT2D eigenvalue weighted by Gasteiger charge is 2.55. The molecule has 0 spiro atoms. The zero-order valence-electron chi connectivity index (χ0n) is 15.8. The number of rotatable bonds is 5. The van der Waals surface area contributed by atoms with Gasteiger partial charge in [-0.05, 0) is 42.0 Å². The first-order valence-corrected chi connectivity index (χ1v) is 9.44. The molecule has 1 saturated carbocycles.